The Hall–Kier alpha value is -2.62. The third kappa shape index (κ3) is 2.47. The Balaban J connectivity index is 2.12. The van der Waals surface area contributed by atoms with E-state index in [9.17, 15) is 0 Å². The Bertz CT molecular complexity index is 623. The Labute approximate surface area is 111 Å². The summed E-state index contributed by atoms with van der Waals surface area (Å²) >= 11 is 0. The van der Waals surface area contributed by atoms with E-state index in [-0.39, 0.29) is 0 Å². The minimum absolute atomic E-state index is 0.626. The highest BCUT2D eigenvalue weighted by atomic mass is 14.9. The van der Waals surface area contributed by atoms with Crippen LogP contribution in [-0.4, -0.2) is 19.9 Å². The molecule has 3 rings (SSSR count). The van der Waals surface area contributed by atoms with Gasteiger partial charge in [0.25, 0.3) is 0 Å². The van der Waals surface area contributed by atoms with Crippen LogP contribution in [0.4, 0.5) is 0 Å². The second kappa shape index (κ2) is 4.94. The molecule has 4 heteroatoms. The van der Waals surface area contributed by atoms with Crippen LogP contribution in [0.1, 0.15) is 5.69 Å². The molecule has 0 aromatic carbocycles. The standard InChI is InChI=1S/C15H12N4/c1-11-10-14(12-6-2-4-8-16-12)19-15(18-11)13-7-3-5-9-17-13/h2-10H,1H3. The van der Waals surface area contributed by atoms with Crippen LogP contribution in [-0.2, 0) is 0 Å². The van der Waals surface area contributed by atoms with Gasteiger partial charge in [0.1, 0.15) is 5.69 Å². The molecule has 0 saturated heterocycles. The van der Waals surface area contributed by atoms with Gasteiger partial charge in [-0.2, -0.15) is 0 Å². The van der Waals surface area contributed by atoms with Gasteiger partial charge in [-0.15, -0.1) is 0 Å². The van der Waals surface area contributed by atoms with Crippen molar-refractivity contribution in [3.05, 3.63) is 60.6 Å². The van der Waals surface area contributed by atoms with E-state index in [0.717, 1.165) is 22.8 Å². The predicted octanol–water partition coefficient (Wildman–Crippen LogP) is 2.91. The number of hydrogen-bond donors (Lipinski definition) is 0. The number of aromatic nitrogens is 4. The largest absolute Gasteiger partial charge is 0.255 e. The lowest BCUT2D eigenvalue weighted by atomic mass is 10.2. The highest BCUT2D eigenvalue weighted by Gasteiger charge is 2.07. The van der Waals surface area contributed by atoms with Gasteiger partial charge in [0.2, 0.25) is 0 Å². The molecule has 0 N–H and O–H groups in total. The summed E-state index contributed by atoms with van der Waals surface area (Å²) in [4.78, 5) is 17.6. The van der Waals surface area contributed by atoms with Crippen molar-refractivity contribution in [1.29, 1.82) is 0 Å². The molecule has 0 spiro atoms. The quantitative estimate of drug-likeness (QED) is 0.699. The van der Waals surface area contributed by atoms with Gasteiger partial charge >= 0.3 is 0 Å². The van der Waals surface area contributed by atoms with Gasteiger partial charge in [-0.05, 0) is 37.3 Å². The molecule has 19 heavy (non-hydrogen) atoms. The van der Waals surface area contributed by atoms with Gasteiger partial charge in [0.15, 0.2) is 5.82 Å². The zero-order chi connectivity index (χ0) is 13.1. The van der Waals surface area contributed by atoms with Crippen LogP contribution < -0.4 is 0 Å². The molecule has 0 aliphatic heterocycles. The molecule has 4 nitrogen and oxygen atoms in total. The zero-order valence-electron chi connectivity index (χ0n) is 10.5. The van der Waals surface area contributed by atoms with Crippen molar-refractivity contribution in [3.8, 4) is 22.9 Å². The fourth-order valence-corrected chi connectivity index (χ4v) is 1.82. The summed E-state index contributed by atoms with van der Waals surface area (Å²) in [6, 6.07) is 13.4. The van der Waals surface area contributed by atoms with Crippen molar-refractivity contribution in [2.75, 3.05) is 0 Å². The van der Waals surface area contributed by atoms with E-state index >= 15 is 0 Å². The molecular weight excluding hydrogens is 236 g/mol. The molecule has 0 atom stereocenters. The predicted molar refractivity (Wildman–Crippen MR) is 73.2 cm³/mol. The van der Waals surface area contributed by atoms with Crippen LogP contribution in [0.2, 0.25) is 0 Å². The number of pyridine rings is 2. The third-order valence-corrected chi connectivity index (χ3v) is 2.68. The van der Waals surface area contributed by atoms with Crippen LogP contribution in [0.15, 0.2) is 54.9 Å². The van der Waals surface area contributed by atoms with Crippen molar-refractivity contribution >= 4 is 0 Å². The van der Waals surface area contributed by atoms with Gasteiger partial charge in [-0.25, -0.2) is 9.97 Å². The summed E-state index contributed by atoms with van der Waals surface area (Å²) in [5.74, 6) is 0.626. The first-order valence-electron chi connectivity index (χ1n) is 6.01. The second-order valence-corrected chi connectivity index (χ2v) is 4.15. The summed E-state index contributed by atoms with van der Waals surface area (Å²) in [6.45, 7) is 1.94. The van der Waals surface area contributed by atoms with Crippen molar-refractivity contribution < 1.29 is 0 Å². The van der Waals surface area contributed by atoms with Crippen molar-refractivity contribution in [1.82, 2.24) is 19.9 Å². The third-order valence-electron chi connectivity index (χ3n) is 2.68. The Morgan fingerprint density at radius 1 is 0.737 bits per heavy atom. The molecule has 0 radical (unpaired) electrons. The highest BCUT2D eigenvalue weighted by Crippen LogP contribution is 2.19. The molecule has 0 bridgehead atoms. The SMILES string of the molecule is Cc1cc(-c2ccccn2)nc(-c2ccccn2)n1. The van der Waals surface area contributed by atoms with Gasteiger partial charge in [-0.3, -0.25) is 9.97 Å². The molecular formula is C15H12N4. The molecule has 3 aromatic rings. The topological polar surface area (TPSA) is 51.6 Å². The van der Waals surface area contributed by atoms with Crippen molar-refractivity contribution in [2.45, 2.75) is 6.92 Å². The highest BCUT2D eigenvalue weighted by molar-refractivity contribution is 5.59. The van der Waals surface area contributed by atoms with E-state index in [2.05, 4.69) is 19.9 Å². The molecule has 3 heterocycles. The fourth-order valence-electron chi connectivity index (χ4n) is 1.82. The Morgan fingerprint density at radius 2 is 1.42 bits per heavy atom. The first-order valence-corrected chi connectivity index (χ1v) is 6.01. The Morgan fingerprint density at radius 3 is 2.05 bits per heavy atom. The minimum atomic E-state index is 0.626. The average Bonchev–Trinajstić information content (AvgIpc) is 2.48. The van der Waals surface area contributed by atoms with Crippen molar-refractivity contribution in [3.63, 3.8) is 0 Å². The normalized spacial score (nSPS) is 10.4. The van der Waals surface area contributed by atoms with Crippen LogP contribution in [0, 0.1) is 6.92 Å². The van der Waals surface area contributed by atoms with E-state index in [1.165, 1.54) is 0 Å². The maximum atomic E-state index is 4.54. The number of hydrogen-bond acceptors (Lipinski definition) is 4. The summed E-state index contributed by atoms with van der Waals surface area (Å²) in [5, 5.41) is 0. The lowest BCUT2D eigenvalue weighted by molar-refractivity contribution is 1.08. The van der Waals surface area contributed by atoms with Gasteiger partial charge < -0.3 is 0 Å². The first kappa shape index (κ1) is 11.5. The summed E-state index contributed by atoms with van der Waals surface area (Å²) in [6.07, 6.45) is 3.49. The van der Waals surface area contributed by atoms with Gasteiger partial charge in [0, 0.05) is 18.1 Å². The maximum Gasteiger partial charge on any atom is 0.178 e. The first-order chi connectivity index (χ1) is 9.33. The van der Waals surface area contributed by atoms with E-state index in [1.54, 1.807) is 12.4 Å². The Kier molecular flexibility index (Phi) is 2.98. The second-order valence-electron chi connectivity index (χ2n) is 4.15. The number of nitrogens with zero attached hydrogens (tertiary/aromatic N) is 4. The summed E-state index contributed by atoms with van der Waals surface area (Å²) in [5.41, 5.74) is 3.32. The van der Waals surface area contributed by atoms with E-state index < -0.39 is 0 Å². The summed E-state index contributed by atoms with van der Waals surface area (Å²) < 4.78 is 0. The molecule has 0 amide bonds. The van der Waals surface area contributed by atoms with E-state index in [0.29, 0.717) is 5.82 Å². The maximum absolute atomic E-state index is 4.54. The van der Waals surface area contributed by atoms with Crippen molar-refractivity contribution in [2.24, 2.45) is 0 Å². The minimum Gasteiger partial charge on any atom is -0.255 e. The lowest BCUT2D eigenvalue weighted by Crippen LogP contribution is -1.97. The molecule has 0 saturated carbocycles. The van der Waals surface area contributed by atoms with Crippen LogP contribution >= 0.6 is 0 Å². The van der Waals surface area contributed by atoms with Gasteiger partial charge in [0.05, 0.1) is 11.4 Å². The van der Waals surface area contributed by atoms with Crippen LogP contribution in [0.25, 0.3) is 22.9 Å². The van der Waals surface area contributed by atoms with E-state index in [1.807, 2.05) is 49.4 Å². The molecule has 0 aliphatic carbocycles. The number of aryl methyl sites for hydroxylation is 1. The summed E-state index contributed by atoms with van der Waals surface area (Å²) in [7, 11) is 0. The molecule has 3 aromatic heterocycles. The van der Waals surface area contributed by atoms with Crippen LogP contribution in [0.3, 0.4) is 0 Å². The fraction of sp³-hybridized carbons (Fsp3) is 0.0667. The molecule has 0 unspecified atom stereocenters. The molecule has 0 fully saturated rings. The lowest BCUT2D eigenvalue weighted by Gasteiger charge is -2.05. The number of rotatable bonds is 2. The smallest absolute Gasteiger partial charge is 0.178 e. The van der Waals surface area contributed by atoms with E-state index in [4.69, 9.17) is 0 Å². The van der Waals surface area contributed by atoms with Crippen LogP contribution in [0.5, 0.6) is 0 Å². The monoisotopic (exact) mass is 248 g/mol. The molecule has 92 valence electrons. The molecule has 0 aliphatic rings. The van der Waals surface area contributed by atoms with Gasteiger partial charge in [-0.1, -0.05) is 12.1 Å². The zero-order valence-corrected chi connectivity index (χ0v) is 10.5. The average molecular weight is 248 g/mol.